The van der Waals surface area contributed by atoms with Gasteiger partial charge in [0, 0.05) is 50.5 Å². The number of fused-ring (bicyclic) bond motifs is 10. The van der Waals surface area contributed by atoms with Gasteiger partial charge in [-0.15, -0.1) is 0 Å². The fourth-order valence-electron chi connectivity index (χ4n) is 6.68. The van der Waals surface area contributed by atoms with E-state index in [9.17, 15) is 0 Å². The zero-order chi connectivity index (χ0) is 28.7. The molecule has 0 spiro atoms. The van der Waals surface area contributed by atoms with Gasteiger partial charge in [-0.05, 0) is 59.7 Å². The van der Waals surface area contributed by atoms with E-state index in [1.165, 1.54) is 12.4 Å². The number of benzene rings is 6. The third-order valence-corrected chi connectivity index (χ3v) is 8.62. The van der Waals surface area contributed by atoms with Crippen LogP contribution in [-0.4, -0.2) is 17.0 Å². The lowest BCUT2D eigenvalue weighted by Crippen LogP contribution is -2.03. The summed E-state index contributed by atoms with van der Waals surface area (Å²) in [5.74, 6) is 0. The summed E-state index contributed by atoms with van der Waals surface area (Å²) < 4.78 is 14.9. The van der Waals surface area contributed by atoms with Crippen molar-refractivity contribution in [2.24, 2.45) is 0 Å². The van der Waals surface area contributed by atoms with Crippen LogP contribution in [0.2, 0.25) is 0 Å². The molecule has 0 bridgehead atoms. The SMILES string of the molecule is N=Cc1cccc(C=N)c1-n1c2ccc(-c3ccc4c(c3)oc3ccccc34)cc2c2c3oc4ccccc4c3ccc21. The van der Waals surface area contributed by atoms with E-state index in [1.54, 1.807) is 0 Å². The first-order valence-electron chi connectivity index (χ1n) is 14.2. The van der Waals surface area contributed by atoms with Gasteiger partial charge in [0.2, 0.25) is 0 Å². The summed E-state index contributed by atoms with van der Waals surface area (Å²) in [6, 6.07) is 39.1. The lowest BCUT2D eigenvalue weighted by atomic mass is 10.0. The summed E-state index contributed by atoms with van der Waals surface area (Å²) in [6.45, 7) is 0. The Kier molecular flexibility index (Phi) is 4.85. The minimum absolute atomic E-state index is 0.740. The molecule has 3 heterocycles. The smallest absolute Gasteiger partial charge is 0.145 e. The molecular weight excluding hydrogens is 530 g/mol. The zero-order valence-corrected chi connectivity index (χ0v) is 22.9. The highest BCUT2D eigenvalue weighted by Gasteiger charge is 2.21. The first kappa shape index (κ1) is 23.7. The topological polar surface area (TPSA) is 78.9 Å². The summed E-state index contributed by atoms with van der Waals surface area (Å²) >= 11 is 0. The molecule has 9 aromatic rings. The van der Waals surface area contributed by atoms with E-state index < -0.39 is 0 Å². The van der Waals surface area contributed by atoms with Crippen LogP contribution < -0.4 is 0 Å². The van der Waals surface area contributed by atoms with E-state index in [2.05, 4.69) is 65.2 Å². The van der Waals surface area contributed by atoms with Gasteiger partial charge in [-0.1, -0.05) is 66.7 Å². The molecule has 0 saturated heterocycles. The molecule has 0 unspecified atom stereocenters. The standard InChI is InChI=1S/C38H23N3O2/c39-20-24-6-5-7-25(21-40)37(24)41-31-16-13-22(23-12-14-28-26-8-1-3-10-33(26)42-35(28)19-23)18-30(31)36-32(41)17-15-29-27-9-2-4-11-34(27)43-38(29)36/h1-21,39-40H. The van der Waals surface area contributed by atoms with Gasteiger partial charge < -0.3 is 24.2 Å². The van der Waals surface area contributed by atoms with Crippen LogP contribution >= 0.6 is 0 Å². The zero-order valence-electron chi connectivity index (χ0n) is 22.9. The van der Waals surface area contributed by atoms with Crippen molar-refractivity contribution in [2.45, 2.75) is 0 Å². The Bertz CT molecular complexity index is 2590. The molecule has 202 valence electrons. The summed E-state index contributed by atoms with van der Waals surface area (Å²) in [7, 11) is 0. The number of nitrogens with zero attached hydrogens (tertiary/aromatic N) is 1. The molecule has 3 aromatic heterocycles. The van der Waals surface area contributed by atoms with Crippen molar-refractivity contribution in [3.05, 3.63) is 126 Å². The lowest BCUT2D eigenvalue weighted by Gasteiger charge is -2.14. The van der Waals surface area contributed by atoms with E-state index >= 15 is 0 Å². The number of furan rings is 2. The Morgan fingerprint density at radius 1 is 0.488 bits per heavy atom. The molecule has 0 saturated carbocycles. The fraction of sp³-hybridized carbons (Fsp3) is 0. The third-order valence-electron chi connectivity index (χ3n) is 8.62. The number of aromatic nitrogens is 1. The molecule has 0 amide bonds. The van der Waals surface area contributed by atoms with Crippen LogP contribution in [0.4, 0.5) is 0 Å². The van der Waals surface area contributed by atoms with Crippen molar-refractivity contribution < 1.29 is 8.83 Å². The molecule has 5 nitrogen and oxygen atoms in total. The predicted octanol–water partition coefficient (Wildman–Crippen LogP) is 10.2. The minimum atomic E-state index is 0.740. The largest absolute Gasteiger partial charge is 0.456 e. The lowest BCUT2D eigenvalue weighted by molar-refractivity contribution is 0.669. The molecule has 0 aliphatic rings. The van der Waals surface area contributed by atoms with Crippen molar-refractivity contribution in [1.82, 2.24) is 4.57 Å². The van der Waals surface area contributed by atoms with Crippen LogP contribution in [0, 0.1) is 10.8 Å². The van der Waals surface area contributed by atoms with Crippen LogP contribution in [0.25, 0.3) is 82.5 Å². The summed E-state index contributed by atoms with van der Waals surface area (Å²) in [5.41, 5.74) is 9.77. The van der Waals surface area contributed by atoms with Crippen molar-refractivity contribution in [1.29, 1.82) is 10.8 Å². The van der Waals surface area contributed by atoms with Gasteiger partial charge >= 0.3 is 0 Å². The first-order valence-corrected chi connectivity index (χ1v) is 14.2. The van der Waals surface area contributed by atoms with Gasteiger partial charge in [0.1, 0.15) is 22.3 Å². The highest BCUT2D eigenvalue weighted by molar-refractivity contribution is 6.24. The third kappa shape index (κ3) is 3.27. The molecule has 0 fully saturated rings. The summed E-state index contributed by atoms with van der Waals surface area (Å²) in [6.07, 6.45) is 2.72. The molecule has 5 heteroatoms. The van der Waals surface area contributed by atoms with E-state index in [0.29, 0.717) is 0 Å². The second-order valence-corrected chi connectivity index (χ2v) is 10.9. The highest BCUT2D eigenvalue weighted by Crippen LogP contribution is 2.43. The average Bonchev–Trinajstić information content (AvgIpc) is 3.72. The molecule has 0 aliphatic heterocycles. The number of para-hydroxylation sites is 3. The van der Waals surface area contributed by atoms with Crippen molar-refractivity contribution in [3.63, 3.8) is 0 Å². The quantitative estimate of drug-likeness (QED) is 0.213. The van der Waals surface area contributed by atoms with Gasteiger partial charge in [0.15, 0.2) is 0 Å². The van der Waals surface area contributed by atoms with E-state index in [-0.39, 0.29) is 0 Å². The maximum atomic E-state index is 8.19. The van der Waals surface area contributed by atoms with Crippen LogP contribution in [0.5, 0.6) is 0 Å². The second-order valence-electron chi connectivity index (χ2n) is 10.9. The maximum Gasteiger partial charge on any atom is 0.145 e. The number of rotatable bonds is 4. The summed E-state index contributed by atoms with van der Waals surface area (Å²) in [5, 5.41) is 22.8. The molecule has 0 radical (unpaired) electrons. The first-order chi connectivity index (χ1) is 21.2. The number of hydrogen-bond donors (Lipinski definition) is 2. The molecule has 6 aromatic carbocycles. The molecule has 0 aliphatic carbocycles. The highest BCUT2D eigenvalue weighted by atomic mass is 16.3. The van der Waals surface area contributed by atoms with Crippen LogP contribution in [-0.2, 0) is 0 Å². The van der Waals surface area contributed by atoms with Gasteiger partial charge in [-0.2, -0.15) is 0 Å². The molecular formula is C38H23N3O2. The Balaban J connectivity index is 1.40. The van der Waals surface area contributed by atoms with Crippen molar-refractivity contribution in [2.75, 3.05) is 0 Å². The fourth-order valence-corrected chi connectivity index (χ4v) is 6.68. The van der Waals surface area contributed by atoms with E-state index in [1.807, 2.05) is 54.6 Å². The normalized spacial score (nSPS) is 11.9. The average molecular weight is 554 g/mol. The Morgan fingerprint density at radius 3 is 1.86 bits per heavy atom. The van der Waals surface area contributed by atoms with Gasteiger partial charge in [-0.25, -0.2) is 0 Å². The van der Waals surface area contributed by atoms with Gasteiger partial charge in [0.25, 0.3) is 0 Å². The monoisotopic (exact) mass is 553 g/mol. The predicted molar refractivity (Wildman–Crippen MR) is 177 cm³/mol. The van der Waals surface area contributed by atoms with E-state index in [4.69, 9.17) is 19.7 Å². The van der Waals surface area contributed by atoms with Crippen LogP contribution in [0.3, 0.4) is 0 Å². The minimum Gasteiger partial charge on any atom is -0.456 e. The molecule has 2 N–H and O–H groups in total. The van der Waals surface area contributed by atoms with Crippen molar-refractivity contribution in [3.8, 4) is 16.8 Å². The van der Waals surface area contributed by atoms with Crippen LogP contribution in [0.1, 0.15) is 11.1 Å². The maximum absolute atomic E-state index is 8.19. The number of nitrogens with one attached hydrogen (secondary N) is 2. The Hall–Kier alpha value is -5.94. The van der Waals surface area contributed by atoms with Crippen LogP contribution in [0.15, 0.2) is 124 Å². The Labute approximate surface area is 245 Å². The molecule has 0 atom stereocenters. The summed E-state index contributed by atoms with van der Waals surface area (Å²) in [4.78, 5) is 0. The second kappa shape index (κ2) is 8.78. The van der Waals surface area contributed by atoms with E-state index in [0.717, 1.165) is 93.6 Å². The van der Waals surface area contributed by atoms with Crippen molar-refractivity contribution >= 4 is 78.1 Å². The molecule has 43 heavy (non-hydrogen) atoms. The molecule has 9 rings (SSSR count). The Morgan fingerprint density at radius 2 is 1.09 bits per heavy atom. The number of hydrogen-bond acceptors (Lipinski definition) is 4. The van der Waals surface area contributed by atoms with Gasteiger partial charge in [-0.3, -0.25) is 0 Å². The van der Waals surface area contributed by atoms with Gasteiger partial charge in [0.05, 0.1) is 22.1 Å².